The van der Waals surface area contributed by atoms with E-state index in [-0.39, 0.29) is 54.4 Å². The second-order valence-corrected chi connectivity index (χ2v) is 12.9. The van der Waals surface area contributed by atoms with Crippen LogP contribution in [0.3, 0.4) is 0 Å². The van der Waals surface area contributed by atoms with E-state index in [2.05, 4.69) is 10.6 Å². The van der Waals surface area contributed by atoms with Gasteiger partial charge < -0.3 is 31.1 Å². The Kier molecular flexibility index (Phi) is 13.3. The smallest absolute Gasteiger partial charge is 0.416 e. The Labute approximate surface area is 290 Å². The molecule has 13 heteroatoms. The summed E-state index contributed by atoms with van der Waals surface area (Å²) in [6, 6.07) is 16.5. The molecule has 0 fully saturated rings. The maximum atomic E-state index is 13.8. The van der Waals surface area contributed by atoms with Crippen molar-refractivity contribution in [1.29, 1.82) is 0 Å². The van der Waals surface area contributed by atoms with Gasteiger partial charge in [-0.2, -0.15) is 13.2 Å². The fourth-order valence-electron chi connectivity index (χ4n) is 5.83. The number of fused-ring (bicyclic) bond motifs is 1. The van der Waals surface area contributed by atoms with Crippen LogP contribution in [-0.2, 0) is 22.3 Å². The highest BCUT2D eigenvalue weighted by Crippen LogP contribution is 2.35. The number of nitrogens with two attached hydrogens (primary N) is 1. The molecule has 0 bridgehead atoms. The van der Waals surface area contributed by atoms with Crippen molar-refractivity contribution in [3.63, 3.8) is 0 Å². The van der Waals surface area contributed by atoms with Gasteiger partial charge in [0.05, 0.1) is 40.8 Å². The maximum Gasteiger partial charge on any atom is 0.416 e. The molecular formula is C37H46F3N5O5. The van der Waals surface area contributed by atoms with Gasteiger partial charge in [-0.05, 0) is 68.8 Å². The lowest BCUT2D eigenvalue weighted by Crippen LogP contribution is -2.49. The number of halogens is 3. The highest BCUT2D eigenvalue weighted by molar-refractivity contribution is 6.01. The molecule has 270 valence electrons. The fraction of sp³-hybridized carbons (Fsp3) is 0.432. The zero-order valence-corrected chi connectivity index (χ0v) is 28.6. The third-order valence-electron chi connectivity index (χ3n) is 8.73. The molecule has 0 aliphatic carbocycles. The maximum absolute atomic E-state index is 13.8. The summed E-state index contributed by atoms with van der Waals surface area (Å²) in [4.78, 5) is 42.7. The summed E-state index contributed by atoms with van der Waals surface area (Å²) in [6.07, 6.45) is -2.66. The summed E-state index contributed by atoms with van der Waals surface area (Å²) >= 11 is 0. The third-order valence-corrected chi connectivity index (χ3v) is 8.73. The lowest BCUT2D eigenvalue weighted by Gasteiger charge is -2.38. The molecule has 3 aromatic rings. The molecule has 0 unspecified atom stereocenters. The van der Waals surface area contributed by atoms with E-state index in [1.54, 1.807) is 54.3 Å². The molecule has 1 heterocycles. The summed E-state index contributed by atoms with van der Waals surface area (Å²) in [5.74, 6) is -0.762. The van der Waals surface area contributed by atoms with Gasteiger partial charge in [0.15, 0.2) is 5.75 Å². The first-order valence-corrected chi connectivity index (χ1v) is 16.8. The number of anilines is 3. The molecule has 0 radical (unpaired) electrons. The van der Waals surface area contributed by atoms with Gasteiger partial charge in [0.1, 0.15) is 6.10 Å². The van der Waals surface area contributed by atoms with Crippen molar-refractivity contribution in [2.24, 2.45) is 5.92 Å². The second kappa shape index (κ2) is 17.3. The molecule has 4 rings (SSSR count). The normalized spacial score (nSPS) is 17.0. The van der Waals surface area contributed by atoms with Crippen molar-refractivity contribution in [3.05, 3.63) is 83.4 Å². The van der Waals surface area contributed by atoms with Crippen LogP contribution < -0.4 is 21.1 Å². The van der Waals surface area contributed by atoms with Crippen LogP contribution >= 0.6 is 0 Å². The van der Waals surface area contributed by atoms with Gasteiger partial charge >= 0.3 is 6.18 Å². The number of benzene rings is 3. The Bertz CT molecular complexity index is 1620. The average Bonchev–Trinajstić information content (AvgIpc) is 3.07. The van der Waals surface area contributed by atoms with E-state index >= 15 is 0 Å². The predicted octanol–water partition coefficient (Wildman–Crippen LogP) is 6.17. The number of amides is 3. The van der Waals surface area contributed by atoms with Gasteiger partial charge in [-0.1, -0.05) is 43.7 Å². The minimum atomic E-state index is -4.42. The molecule has 10 nitrogen and oxygen atoms in total. The SMILES string of the molecule is C[C@H]1CN([C@@H](C)CO)C(=O)c2cccc(NC(=O)CCCCCC(=O)Nc3ccccc3N)c2O[C@H]1CN(C)Cc1ccc(C(F)(F)F)cc1. The van der Waals surface area contributed by atoms with Gasteiger partial charge in [0, 0.05) is 38.4 Å². The van der Waals surface area contributed by atoms with Crippen LogP contribution in [0.25, 0.3) is 0 Å². The molecule has 3 amide bonds. The van der Waals surface area contributed by atoms with Gasteiger partial charge in [-0.3, -0.25) is 19.3 Å². The molecule has 0 saturated heterocycles. The molecule has 5 N–H and O–H groups in total. The Morgan fingerprint density at radius 2 is 1.60 bits per heavy atom. The van der Waals surface area contributed by atoms with E-state index in [1.807, 2.05) is 18.9 Å². The van der Waals surface area contributed by atoms with Crippen LogP contribution in [0.2, 0.25) is 0 Å². The fourth-order valence-corrected chi connectivity index (χ4v) is 5.83. The van der Waals surface area contributed by atoms with E-state index in [4.69, 9.17) is 10.5 Å². The second-order valence-electron chi connectivity index (χ2n) is 12.9. The van der Waals surface area contributed by atoms with Crippen LogP contribution in [-0.4, -0.2) is 71.5 Å². The van der Waals surface area contributed by atoms with Crippen LogP contribution in [0.15, 0.2) is 66.7 Å². The standard InChI is InChI=1S/C37H46F3N5O5/c1-24-20-45(25(2)23-46)36(49)28-10-9-13-31(43-34(48)15-6-4-5-14-33(47)42-30-12-8-7-11-29(30)41)35(28)50-32(24)22-44(3)21-26-16-18-27(19-17-26)37(38,39)40/h7-13,16-19,24-25,32,46H,4-6,14-15,20-23,41H2,1-3H3,(H,42,47)(H,43,48)/t24-,25-,32-/m0/s1. The van der Waals surface area contributed by atoms with Crippen LogP contribution in [0.4, 0.5) is 30.2 Å². The zero-order valence-electron chi connectivity index (χ0n) is 28.6. The Morgan fingerprint density at radius 3 is 2.22 bits per heavy atom. The first kappa shape index (κ1) is 38.2. The Morgan fingerprint density at radius 1 is 0.980 bits per heavy atom. The van der Waals surface area contributed by atoms with E-state index in [0.717, 1.165) is 12.1 Å². The van der Waals surface area contributed by atoms with Gasteiger partial charge in [-0.25, -0.2) is 0 Å². The van der Waals surface area contributed by atoms with Crippen LogP contribution in [0.5, 0.6) is 5.75 Å². The number of hydrogen-bond donors (Lipinski definition) is 4. The minimum Gasteiger partial charge on any atom is -0.486 e. The quantitative estimate of drug-likeness (QED) is 0.117. The number of carbonyl (C=O) groups is 3. The van der Waals surface area contributed by atoms with E-state index in [1.165, 1.54) is 12.1 Å². The van der Waals surface area contributed by atoms with Crippen LogP contribution in [0.1, 0.15) is 67.4 Å². The molecule has 0 aromatic heterocycles. The monoisotopic (exact) mass is 697 g/mol. The summed E-state index contributed by atoms with van der Waals surface area (Å²) in [5.41, 5.74) is 7.49. The lowest BCUT2D eigenvalue weighted by atomic mass is 9.98. The number of alkyl halides is 3. The minimum absolute atomic E-state index is 0.157. The molecule has 1 aliphatic rings. The third kappa shape index (κ3) is 10.4. The van der Waals surface area contributed by atoms with Crippen molar-refractivity contribution >= 4 is 34.8 Å². The first-order chi connectivity index (χ1) is 23.8. The molecule has 0 spiro atoms. The number of aliphatic hydroxyl groups is 1. The average molecular weight is 698 g/mol. The largest absolute Gasteiger partial charge is 0.486 e. The summed E-state index contributed by atoms with van der Waals surface area (Å²) in [5, 5.41) is 15.7. The van der Waals surface area contributed by atoms with Gasteiger partial charge in [-0.15, -0.1) is 0 Å². The topological polar surface area (TPSA) is 137 Å². The summed E-state index contributed by atoms with van der Waals surface area (Å²) < 4.78 is 45.7. The van der Waals surface area contributed by atoms with Gasteiger partial charge in [0.25, 0.3) is 5.91 Å². The number of carbonyl (C=O) groups excluding carboxylic acids is 3. The van der Waals surface area contributed by atoms with Crippen molar-refractivity contribution in [2.45, 2.75) is 70.8 Å². The number of rotatable bonds is 14. The lowest BCUT2D eigenvalue weighted by molar-refractivity contribution is -0.137. The zero-order chi connectivity index (χ0) is 36.4. The van der Waals surface area contributed by atoms with E-state index < -0.39 is 23.9 Å². The number of unbranched alkanes of at least 4 members (excludes halogenated alkanes) is 2. The molecule has 50 heavy (non-hydrogen) atoms. The first-order valence-electron chi connectivity index (χ1n) is 16.8. The highest BCUT2D eigenvalue weighted by Gasteiger charge is 2.35. The molecule has 1 aliphatic heterocycles. The van der Waals surface area contributed by atoms with Crippen molar-refractivity contribution in [1.82, 2.24) is 9.80 Å². The van der Waals surface area contributed by atoms with E-state index in [9.17, 15) is 32.7 Å². The number of likely N-dealkylation sites (N-methyl/N-ethyl adjacent to an activating group) is 1. The summed E-state index contributed by atoms with van der Waals surface area (Å²) in [6.45, 7) is 4.46. The van der Waals surface area contributed by atoms with Crippen molar-refractivity contribution < 1.29 is 37.4 Å². The number of para-hydroxylation sites is 3. The Balaban J connectivity index is 1.42. The van der Waals surface area contributed by atoms with Crippen molar-refractivity contribution in [3.8, 4) is 5.75 Å². The summed E-state index contributed by atoms with van der Waals surface area (Å²) in [7, 11) is 1.83. The highest BCUT2D eigenvalue weighted by atomic mass is 19.4. The van der Waals surface area contributed by atoms with Gasteiger partial charge in [0.2, 0.25) is 11.8 Å². The Hall–Kier alpha value is -4.62. The molecule has 3 aromatic carbocycles. The molecule has 0 saturated carbocycles. The predicted molar refractivity (Wildman–Crippen MR) is 187 cm³/mol. The number of aliphatic hydroxyl groups excluding tert-OH is 1. The molecular weight excluding hydrogens is 651 g/mol. The number of hydrogen-bond acceptors (Lipinski definition) is 7. The van der Waals surface area contributed by atoms with Crippen LogP contribution in [0, 0.1) is 5.92 Å². The number of nitrogens with zero attached hydrogens (tertiary/aromatic N) is 2. The van der Waals surface area contributed by atoms with E-state index in [0.29, 0.717) is 61.5 Å². The van der Waals surface area contributed by atoms with Crippen molar-refractivity contribution in [2.75, 3.05) is 43.1 Å². The number of ether oxygens (including phenoxy) is 1. The number of nitrogens with one attached hydrogen (secondary N) is 2. The molecule has 3 atom stereocenters. The number of nitrogen functional groups attached to an aromatic ring is 1.